The van der Waals surface area contributed by atoms with E-state index in [-0.39, 0.29) is 11.6 Å². The minimum Gasteiger partial charge on any atom is -0.364 e. The second-order valence-corrected chi connectivity index (χ2v) is 5.91. The maximum atomic E-state index is 11.7. The van der Waals surface area contributed by atoms with Crippen LogP contribution in [0.1, 0.15) is 29.6 Å². The van der Waals surface area contributed by atoms with Crippen LogP contribution in [-0.2, 0) is 0 Å². The lowest BCUT2D eigenvalue weighted by atomic mass is 10.1. The molecule has 2 aliphatic heterocycles. The molecule has 3 rings (SSSR count). The number of amides is 1. The van der Waals surface area contributed by atoms with E-state index in [0.717, 1.165) is 25.9 Å². The third-order valence-electron chi connectivity index (χ3n) is 4.53. The van der Waals surface area contributed by atoms with Crippen LogP contribution in [0.15, 0.2) is 18.2 Å². The van der Waals surface area contributed by atoms with Gasteiger partial charge in [-0.3, -0.25) is 14.9 Å². The molecule has 1 aromatic carbocycles. The van der Waals surface area contributed by atoms with Crippen molar-refractivity contribution in [3.8, 4) is 0 Å². The minimum absolute atomic E-state index is 0.00104. The Kier molecular flexibility index (Phi) is 3.98. The molecule has 2 N–H and O–H groups in total. The lowest BCUT2D eigenvalue weighted by Gasteiger charge is -2.26. The van der Waals surface area contributed by atoms with E-state index in [9.17, 15) is 14.9 Å². The Balaban J connectivity index is 1.92. The van der Waals surface area contributed by atoms with Crippen LogP contribution < -0.4 is 15.5 Å². The third-order valence-corrected chi connectivity index (χ3v) is 4.53. The molecule has 2 heterocycles. The van der Waals surface area contributed by atoms with Crippen molar-refractivity contribution in [1.29, 1.82) is 0 Å². The summed E-state index contributed by atoms with van der Waals surface area (Å²) in [6, 6.07) is 5.63. The molecule has 22 heavy (non-hydrogen) atoms. The largest absolute Gasteiger partial charge is 0.364 e. The molecule has 1 amide bonds. The van der Waals surface area contributed by atoms with Gasteiger partial charge in [0.05, 0.1) is 4.92 Å². The second kappa shape index (κ2) is 5.92. The number of hydrogen-bond acceptors (Lipinski definition) is 5. The molecule has 0 aliphatic carbocycles. The summed E-state index contributed by atoms with van der Waals surface area (Å²) in [6.45, 7) is 1.57. The number of nitrogens with zero attached hydrogens (tertiary/aromatic N) is 2. The van der Waals surface area contributed by atoms with Crippen LogP contribution in [-0.4, -0.2) is 43.1 Å². The van der Waals surface area contributed by atoms with Crippen LogP contribution in [0.2, 0.25) is 0 Å². The zero-order chi connectivity index (χ0) is 15.7. The Morgan fingerprint density at radius 3 is 2.86 bits per heavy atom. The molecule has 2 bridgehead atoms. The highest BCUT2D eigenvalue weighted by molar-refractivity contribution is 5.95. The topological polar surface area (TPSA) is 87.5 Å². The fourth-order valence-electron chi connectivity index (χ4n) is 3.38. The number of nitro benzene ring substituents is 1. The van der Waals surface area contributed by atoms with Gasteiger partial charge in [-0.2, -0.15) is 0 Å². The summed E-state index contributed by atoms with van der Waals surface area (Å²) < 4.78 is 0. The van der Waals surface area contributed by atoms with Crippen molar-refractivity contribution in [2.75, 3.05) is 25.0 Å². The molecule has 0 saturated carbocycles. The number of hydrogen-bond donors (Lipinski definition) is 2. The van der Waals surface area contributed by atoms with Gasteiger partial charge in [0.25, 0.3) is 11.6 Å². The van der Waals surface area contributed by atoms with Crippen LogP contribution in [0.4, 0.5) is 11.4 Å². The molecule has 2 unspecified atom stereocenters. The van der Waals surface area contributed by atoms with Crippen LogP contribution in [0.3, 0.4) is 0 Å². The highest BCUT2D eigenvalue weighted by Crippen LogP contribution is 2.32. The number of anilines is 1. The molecule has 0 aromatic heterocycles. The summed E-state index contributed by atoms with van der Waals surface area (Å²) in [5.41, 5.74) is 0.915. The normalized spacial score (nSPS) is 24.0. The van der Waals surface area contributed by atoms with Crippen molar-refractivity contribution in [2.24, 2.45) is 0 Å². The van der Waals surface area contributed by atoms with Gasteiger partial charge in [-0.15, -0.1) is 0 Å². The highest BCUT2D eigenvalue weighted by Gasteiger charge is 2.31. The summed E-state index contributed by atoms with van der Waals surface area (Å²) in [4.78, 5) is 24.8. The molecule has 7 nitrogen and oxygen atoms in total. The van der Waals surface area contributed by atoms with Gasteiger partial charge in [0, 0.05) is 43.9 Å². The van der Waals surface area contributed by atoms with Crippen LogP contribution in [0.25, 0.3) is 0 Å². The maximum Gasteiger partial charge on any atom is 0.293 e. The summed E-state index contributed by atoms with van der Waals surface area (Å²) in [7, 11) is 1.51. The molecule has 7 heteroatoms. The van der Waals surface area contributed by atoms with Crippen molar-refractivity contribution < 1.29 is 9.72 Å². The molecular formula is C15H20N4O3. The minimum atomic E-state index is -0.404. The number of nitro groups is 1. The quantitative estimate of drug-likeness (QED) is 0.649. The predicted molar refractivity (Wildman–Crippen MR) is 83.3 cm³/mol. The van der Waals surface area contributed by atoms with Crippen molar-refractivity contribution in [3.05, 3.63) is 33.9 Å². The van der Waals surface area contributed by atoms with Gasteiger partial charge in [0.2, 0.25) is 0 Å². The van der Waals surface area contributed by atoms with E-state index in [1.54, 1.807) is 12.1 Å². The average Bonchev–Trinajstić information content (AvgIpc) is 2.85. The van der Waals surface area contributed by atoms with E-state index in [1.165, 1.54) is 19.5 Å². The Morgan fingerprint density at radius 1 is 1.36 bits per heavy atom. The highest BCUT2D eigenvalue weighted by atomic mass is 16.6. The Hall–Kier alpha value is -2.15. The molecular weight excluding hydrogens is 284 g/mol. The molecule has 0 radical (unpaired) electrons. The zero-order valence-corrected chi connectivity index (χ0v) is 12.5. The lowest BCUT2D eigenvalue weighted by molar-refractivity contribution is -0.384. The fraction of sp³-hybridized carbons (Fsp3) is 0.533. The Morgan fingerprint density at radius 2 is 2.14 bits per heavy atom. The van der Waals surface area contributed by atoms with Gasteiger partial charge in [0.1, 0.15) is 5.69 Å². The number of carbonyl (C=O) groups excluding carboxylic acids is 1. The molecule has 2 atom stereocenters. The number of nitrogens with one attached hydrogen (secondary N) is 2. The first-order chi connectivity index (χ1) is 10.6. The van der Waals surface area contributed by atoms with E-state index in [4.69, 9.17) is 0 Å². The summed E-state index contributed by atoms with van der Waals surface area (Å²) in [6.07, 6.45) is 3.30. The smallest absolute Gasteiger partial charge is 0.293 e. The van der Waals surface area contributed by atoms with Crippen molar-refractivity contribution >= 4 is 17.3 Å². The standard InChI is InChI=1S/C15H20N4O3/c1-16-15(20)10-2-5-13(14(8-10)19(21)22)18-7-6-11-3-4-12(9-18)17-11/h2,5,8,11-12,17H,3-4,6-7,9H2,1H3,(H,16,20). The van der Waals surface area contributed by atoms with Crippen molar-refractivity contribution in [2.45, 2.75) is 31.3 Å². The molecule has 118 valence electrons. The third kappa shape index (κ3) is 2.76. The maximum absolute atomic E-state index is 11.7. The van der Waals surface area contributed by atoms with E-state index in [0.29, 0.717) is 23.3 Å². The van der Waals surface area contributed by atoms with Gasteiger partial charge in [-0.25, -0.2) is 0 Å². The second-order valence-electron chi connectivity index (χ2n) is 5.91. The molecule has 2 fully saturated rings. The Labute approximate surface area is 128 Å². The van der Waals surface area contributed by atoms with Gasteiger partial charge in [-0.1, -0.05) is 0 Å². The predicted octanol–water partition coefficient (Wildman–Crippen LogP) is 1.29. The van der Waals surface area contributed by atoms with Crippen LogP contribution in [0, 0.1) is 10.1 Å². The van der Waals surface area contributed by atoms with Crippen molar-refractivity contribution in [3.63, 3.8) is 0 Å². The van der Waals surface area contributed by atoms with Gasteiger partial charge >= 0.3 is 0 Å². The van der Waals surface area contributed by atoms with Crippen LogP contribution in [0.5, 0.6) is 0 Å². The SMILES string of the molecule is CNC(=O)c1ccc(N2CCC3CCC(C2)N3)c([N+](=O)[O-])c1. The molecule has 2 aliphatic rings. The Bertz CT molecular complexity index is 604. The average molecular weight is 304 g/mol. The first-order valence-electron chi connectivity index (χ1n) is 7.60. The van der Waals surface area contributed by atoms with E-state index in [1.807, 2.05) is 0 Å². The molecule has 1 aromatic rings. The van der Waals surface area contributed by atoms with E-state index >= 15 is 0 Å². The molecule has 0 spiro atoms. The number of rotatable bonds is 3. The summed E-state index contributed by atoms with van der Waals surface area (Å²) in [5, 5.41) is 17.5. The first kappa shape index (κ1) is 14.8. The molecule has 2 saturated heterocycles. The monoisotopic (exact) mass is 304 g/mol. The van der Waals surface area contributed by atoms with E-state index in [2.05, 4.69) is 15.5 Å². The zero-order valence-electron chi connectivity index (χ0n) is 12.5. The summed E-state index contributed by atoms with van der Waals surface area (Å²) >= 11 is 0. The first-order valence-corrected chi connectivity index (χ1v) is 7.60. The van der Waals surface area contributed by atoms with Crippen LogP contribution >= 0.6 is 0 Å². The van der Waals surface area contributed by atoms with Crippen molar-refractivity contribution in [1.82, 2.24) is 10.6 Å². The lowest BCUT2D eigenvalue weighted by Crippen LogP contribution is -2.35. The number of benzene rings is 1. The van der Waals surface area contributed by atoms with Gasteiger partial charge in [-0.05, 0) is 31.4 Å². The number of carbonyl (C=O) groups is 1. The van der Waals surface area contributed by atoms with Gasteiger partial charge < -0.3 is 15.5 Å². The van der Waals surface area contributed by atoms with E-state index < -0.39 is 4.92 Å². The number of fused-ring (bicyclic) bond motifs is 2. The summed E-state index contributed by atoms with van der Waals surface area (Å²) in [5.74, 6) is -0.314. The fourth-order valence-corrected chi connectivity index (χ4v) is 3.38. The van der Waals surface area contributed by atoms with Gasteiger partial charge in [0.15, 0.2) is 0 Å².